The number of hydrogen-bond acceptors (Lipinski definition) is 4. The topological polar surface area (TPSA) is 81.0 Å². The van der Waals surface area contributed by atoms with Crippen LogP contribution in [0.25, 0.3) is 0 Å². The Morgan fingerprint density at radius 2 is 1.92 bits per heavy atom. The highest BCUT2D eigenvalue weighted by Gasteiger charge is 2.34. The van der Waals surface area contributed by atoms with E-state index in [0.717, 1.165) is 0 Å². The van der Waals surface area contributed by atoms with Gasteiger partial charge >= 0.3 is 0 Å². The Balaban J connectivity index is 4.87. The summed E-state index contributed by atoms with van der Waals surface area (Å²) in [5.41, 5.74) is -1.17. The molecule has 0 heterocycles. The smallest absolute Gasteiger partial charge is 0.137 e. The zero-order valence-electron chi connectivity index (χ0n) is 7.25. The first-order chi connectivity index (χ1) is 5.34. The number of ketones is 1. The fourth-order valence-corrected chi connectivity index (χ4v) is 0.712. The molecule has 4 heteroatoms. The summed E-state index contributed by atoms with van der Waals surface area (Å²) in [6, 6.07) is 1.54. The van der Waals surface area contributed by atoms with E-state index in [9.17, 15) is 14.7 Å². The van der Waals surface area contributed by atoms with Crippen molar-refractivity contribution in [3.63, 3.8) is 0 Å². The third-order valence-corrected chi connectivity index (χ3v) is 1.99. The highest BCUT2D eigenvalue weighted by atomic mass is 16.4. The van der Waals surface area contributed by atoms with Crippen LogP contribution in [0.1, 0.15) is 20.8 Å². The Morgan fingerprint density at radius 3 is 2.00 bits per heavy atom. The second-order valence-electron chi connectivity index (χ2n) is 3.16. The van der Waals surface area contributed by atoms with E-state index in [1.54, 1.807) is 6.07 Å². The summed E-state index contributed by atoms with van der Waals surface area (Å²) in [7, 11) is 0. The number of aliphatic carboxylic acids is 1. The predicted molar refractivity (Wildman–Crippen MR) is 38.6 cm³/mol. The van der Waals surface area contributed by atoms with Gasteiger partial charge in [-0.3, -0.25) is 4.79 Å². The maximum Gasteiger partial charge on any atom is 0.137 e. The average Bonchev–Trinajstić information content (AvgIpc) is 1.86. The van der Waals surface area contributed by atoms with Crippen LogP contribution in [-0.4, -0.2) is 11.8 Å². The molecule has 0 saturated heterocycles. The van der Waals surface area contributed by atoms with Crippen LogP contribution >= 0.6 is 0 Å². The van der Waals surface area contributed by atoms with Crippen molar-refractivity contribution in [2.45, 2.75) is 20.8 Å². The molecule has 12 heavy (non-hydrogen) atoms. The largest absolute Gasteiger partial charge is 0.549 e. The zero-order valence-corrected chi connectivity index (χ0v) is 7.25. The van der Waals surface area contributed by atoms with E-state index in [-0.39, 0.29) is 5.78 Å². The van der Waals surface area contributed by atoms with Crippen molar-refractivity contribution in [2.75, 3.05) is 0 Å². The Kier molecular flexibility index (Phi) is 2.97. The molecule has 0 aromatic carbocycles. The lowest BCUT2D eigenvalue weighted by Gasteiger charge is -2.27. The van der Waals surface area contributed by atoms with Crippen LogP contribution in [0.3, 0.4) is 0 Å². The van der Waals surface area contributed by atoms with Gasteiger partial charge in [0.05, 0.1) is 18.0 Å². The molecule has 0 aliphatic rings. The minimum atomic E-state index is -1.50. The van der Waals surface area contributed by atoms with Crippen molar-refractivity contribution >= 4 is 11.8 Å². The molecule has 0 aromatic heterocycles. The molecule has 0 aliphatic heterocycles. The lowest BCUT2D eigenvalue weighted by molar-refractivity contribution is -0.312. The Morgan fingerprint density at radius 1 is 1.50 bits per heavy atom. The fraction of sp³-hybridized carbons (Fsp3) is 0.625. The van der Waals surface area contributed by atoms with Crippen molar-refractivity contribution in [1.29, 1.82) is 5.26 Å². The van der Waals surface area contributed by atoms with E-state index in [0.29, 0.717) is 0 Å². The first kappa shape index (κ1) is 10.6. The van der Waals surface area contributed by atoms with Gasteiger partial charge in [-0.2, -0.15) is 5.26 Å². The molecule has 0 aliphatic carbocycles. The Labute approximate surface area is 70.8 Å². The van der Waals surface area contributed by atoms with Crippen molar-refractivity contribution in [3.05, 3.63) is 0 Å². The Bertz CT molecular complexity index is 250. The molecule has 66 valence electrons. The summed E-state index contributed by atoms with van der Waals surface area (Å²) >= 11 is 0. The number of carboxylic acid groups (broad SMARTS) is 1. The number of carbonyl (C=O) groups excluding carboxylic acids is 2. The summed E-state index contributed by atoms with van der Waals surface area (Å²) in [6.07, 6.45) is 0. The SMILES string of the molecule is CC(=O)C(C)(C)C(C#N)C(=O)[O-]. The van der Waals surface area contributed by atoms with E-state index in [2.05, 4.69) is 0 Å². The highest BCUT2D eigenvalue weighted by Crippen LogP contribution is 2.26. The van der Waals surface area contributed by atoms with E-state index in [1.807, 2.05) is 0 Å². The molecular formula is C8H10NO3-. The molecule has 0 rings (SSSR count). The maximum atomic E-state index is 10.9. The van der Waals surface area contributed by atoms with Crippen LogP contribution in [0.5, 0.6) is 0 Å². The first-order valence-electron chi connectivity index (χ1n) is 3.45. The van der Waals surface area contributed by atoms with Gasteiger partial charge in [-0.05, 0) is 6.92 Å². The van der Waals surface area contributed by atoms with E-state index < -0.39 is 17.3 Å². The van der Waals surface area contributed by atoms with Gasteiger partial charge in [0, 0.05) is 5.41 Å². The number of Topliss-reactive ketones (excluding diaryl/α,β-unsaturated/α-hetero) is 1. The minimum absolute atomic E-state index is 0.335. The quantitative estimate of drug-likeness (QED) is 0.568. The van der Waals surface area contributed by atoms with Crippen LogP contribution in [0.2, 0.25) is 0 Å². The molecule has 0 amide bonds. The second-order valence-corrected chi connectivity index (χ2v) is 3.16. The molecule has 1 atom stereocenters. The van der Waals surface area contributed by atoms with Crippen LogP contribution in [0.15, 0.2) is 0 Å². The molecule has 4 nitrogen and oxygen atoms in total. The standard InChI is InChI=1S/C8H11NO3/c1-5(10)8(2,3)6(4-9)7(11)12/h6H,1-3H3,(H,11,12)/p-1. The molecule has 0 aromatic rings. The molecule has 0 N–H and O–H groups in total. The summed E-state index contributed by atoms with van der Waals surface area (Å²) in [4.78, 5) is 21.3. The van der Waals surface area contributed by atoms with Gasteiger partial charge in [-0.1, -0.05) is 13.8 Å². The lowest BCUT2D eigenvalue weighted by atomic mass is 9.77. The Hall–Kier alpha value is -1.37. The van der Waals surface area contributed by atoms with Gasteiger partial charge in [0.15, 0.2) is 0 Å². The summed E-state index contributed by atoms with van der Waals surface area (Å²) in [5.74, 6) is -3.22. The minimum Gasteiger partial charge on any atom is -0.549 e. The molecule has 0 radical (unpaired) electrons. The van der Waals surface area contributed by atoms with E-state index >= 15 is 0 Å². The van der Waals surface area contributed by atoms with Gasteiger partial charge < -0.3 is 9.90 Å². The lowest BCUT2D eigenvalue weighted by Crippen LogP contribution is -2.42. The van der Waals surface area contributed by atoms with E-state index in [1.165, 1.54) is 20.8 Å². The monoisotopic (exact) mass is 168 g/mol. The first-order valence-corrected chi connectivity index (χ1v) is 3.45. The summed E-state index contributed by atoms with van der Waals surface area (Å²) in [6.45, 7) is 4.09. The molecule has 0 bridgehead atoms. The normalized spacial score (nSPS) is 13.2. The van der Waals surface area contributed by atoms with Crippen LogP contribution in [0.4, 0.5) is 0 Å². The highest BCUT2D eigenvalue weighted by molar-refractivity contribution is 5.88. The fourth-order valence-electron chi connectivity index (χ4n) is 0.712. The van der Waals surface area contributed by atoms with Gasteiger partial charge in [0.25, 0.3) is 0 Å². The van der Waals surface area contributed by atoms with Gasteiger partial charge in [-0.25, -0.2) is 0 Å². The van der Waals surface area contributed by atoms with Gasteiger partial charge in [0.2, 0.25) is 0 Å². The predicted octanol–water partition coefficient (Wildman–Crippen LogP) is -0.509. The number of carboxylic acids is 1. The third-order valence-electron chi connectivity index (χ3n) is 1.99. The average molecular weight is 168 g/mol. The summed E-state index contributed by atoms with van der Waals surface area (Å²) < 4.78 is 0. The zero-order chi connectivity index (χ0) is 9.94. The molecule has 0 saturated carbocycles. The number of hydrogen-bond donors (Lipinski definition) is 0. The van der Waals surface area contributed by atoms with E-state index in [4.69, 9.17) is 5.26 Å². The van der Waals surface area contributed by atoms with Gasteiger partial charge in [-0.15, -0.1) is 0 Å². The van der Waals surface area contributed by atoms with Crippen LogP contribution < -0.4 is 5.11 Å². The number of carbonyl (C=O) groups is 2. The molecule has 1 unspecified atom stereocenters. The van der Waals surface area contributed by atoms with Crippen LogP contribution in [0, 0.1) is 22.7 Å². The number of rotatable bonds is 3. The molecule has 0 fully saturated rings. The second kappa shape index (κ2) is 3.35. The molecular weight excluding hydrogens is 158 g/mol. The van der Waals surface area contributed by atoms with Crippen molar-refractivity contribution in [3.8, 4) is 6.07 Å². The van der Waals surface area contributed by atoms with Crippen molar-refractivity contribution in [1.82, 2.24) is 0 Å². The molecule has 0 spiro atoms. The number of nitrogens with zero attached hydrogens (tertiary/aromatic N) is 1. The maximum absolute atomic E-state index is 10.9. The van der Waals surface area contributed by atoms with Crippen molar-refractivity contribution < 1.29 is 14.7 Å². The summed E-state index contributed by atoms with van der Waals surface area (Å²) in [5, 5.41) is 18.9. The number of nitriles is 1. The van der Waals surface area contributed by atoms with Crippen LogP contribution in [-0.2, 0) is 9.59 Å². The van der Waals surface area contributed by atoms with Crippen molar-refractivity contribution in [2.24, 2.45) is 11.3 Å². The third kappa shape index (κ3) is 1.82. The van der Waals surface area contributed by atoms with Gasteiger partial charge in [0.1, 0.15) is 5.78 Å².